The van der Waals surface area contributed by atoms with E-state index in [1.54, 1.807) is 0 Å². The Balaban J connectivity index is 2.32. The molecule has 76 valence electrons. The van der Waals surface area contributed by atoms with Crippen molar-refractivity contribution in [3.63, 3.8) is 0 Å². The molecule has 2 nitrogen and oxygen atoms in total. The van der Waals surface area contributed by atoms with E-state index in [4.69, 9.17) is 5.73 Å². The minimum Gasteiger partial charge on any atom is -0.386 e. The Labute approximate surface area is 80.4 Å². The zero-order valence-electron chi connectivity index (χ0n) is 7.50. The van der Waals surface area contributed by atoms with E-state index in [0.717, 1.165) is 12.1 Å². The first-order chi connectivity index (χ1) is 6.53. The molecule has 1 aliphatic rings. The van der Waals surface area contributed by atoms with Gasteiger partial charge in [-0.2, -0.15) is 0 Å². The predicted molar refractivity (Wildman–Crippen MR) is 47.5 cm³/mol. The number of benzene rings is 1. The van der Waals surface area contributed by atoms with E-state index in [2.05, 4.69) is 0 Å². The number of rotatable bonds is 2. The zero-order valence-corrected chi connectivity index (χ0v) is 7.50. The number of halogens is 2. The van der Waals surface area contributed by atoms with Crippen LogP contribution >= 0.6 is 0 Å². The van der Waals surface area contributed by atoms with E-state index >= 15 is 0 Å². The van der Waals surface area contributed by atoms with Gasteiger partial charge in [-0.05, 0) is 18.9 Å². The van der Waals surface area contributed by atoms with Crippen molar-refractivity contribution in [3.05, 3.63) is 35.4 Å². The molecule has 1 fully saturated rings. The van der Waals surface area contributed by atoms with Crippen LogP contribution in [-0.4, -0.2) is 10.6 Å². The van der Waals surface area contributed by atoms with Gasteiger partial charge in [0.2, 0.25) is 0 Å². The summed E-state index contributed by atoms with van der Waals surface area (Å²) >= 11 is 0. The fourth-order valence-corrected chi connectivity index (χ4v) is 1.45. The lowest BCUT2D eigenvalue weighted by atomic mass is 10.0. The maximum atomic E-state index is 13.2. The number of nitrogens with two attached hydrogens (primary N) is 1. The number of aliphatic hydroxyl groups is 1. The smallest absolute Gasteiger partial charge is 0.131 e. The average Bonchev–Trinajstić information content (AvgIpc) is 2.84. The summed E-state index contributed by atoms with van der Waals surface area (Å²) in [4.78, 5) is 0. The molecule has 3 N–H and O–H groups in total. The van der Waals surface area contributed by atoms with Crippen LogP contribution in [0.2, 0.25) is 0 Å². The molecular formula is C10H11F2NO. The highest BCUT2D eigenvalue weighted by molar-refractivity contribution is 5.26. The molecule has 0 aromatic heterocycles. The topological polar surface area (TPSA) is 46.2 Å². The van der Waals surface area contributed by atoms with Crippen molar-refractivity contribution in [2.24, 2.45) is 5.73 Å². The molecule has 0 heterocycles. The Bertz CT molecular complexity index is 363. The fraction of sp³-hybridized carbons (Fsp3) is 0.400. The second-order valence-corrected chi connectivity index (χ2v) is 3.80. The van der Waals surface area contributed by atoms with E-state index in [0.29, 0.717) is 12.8 Å². The monoisotopic (exact) mass is 199 g/mol. The van der Waals surface area contributed by atoms with Gasteiger partial charge < -0.3 is 10.8 Å². The van der Waals surface area contributed by atoms with Crippen LogP contribution in [0.5, 0.6) is 0 Å². The predicted octanol–water partition coefficient (Wildman–Crippen LogP) is 1.49. The van der Waals surface area contributed by atoms with Crippen LogP contribution in [0.1, 0.15) is 24.5 Å². The van der Waals surface area contributed by atoms with E-state index in [1.807, 2.05) is 0 Å². The largest absolute Gasteiger partial charge is 0.386 e. The third kappa shape index (κ3) is 1.51. The van der Waals surface area contributed by atoms with Crippen LogP contribution < -0.4 is 5.73 Å². The Morgan fingerprint density at radius 3 is 2.50 bits per heavy atom. The molecule has 1 aromatic rings. The van der Waals surface area contributed by atoms with Gasteiger partial charge in [0, 0.05) is 17.2 Å². The summed E-state index contributed by atoms with van der Waals surface area (Å²) in [6.07, 6.45) is 0.304. The summed E-state index contributed by atoms with van der Waals surface area (Å²) < 4.78 is 25.8. The Morgan fingerprint density at radius 2 is 2.00 bits per heavy atom. The molecule has 14 heavy (non-hydrogen) atoms. The van der Waals surface area contributed by atoms with Crippen molar-refractivity contribution in [3.8, 4) is 0 Å². The van der Waals surface area contributed by atoms with Gasteiger partial charge >= 0.3 is 0 Å². The van der Waals surface area contributed by atoms with Gasteiger partial charge in [-0.25, -0.2) is 8.78 Å². The summed E-state index contributed by atoms with van der Waals surface area (Å²) in [6, 6.07) is 3.11. The van der Waals surface area contributed by atoms with Crippen LogP contribution in [0.15, 0.2) is 18.2 Å². The maximum absolute atomic E-state index is 13.2. The first kappa shape index (κ1) is 9.55. The highest BCUT2D eigenvalue weighted by atomic mass is 19.1. The van der Waals surface area contributed by atoms with Gasteiger partial charge in [0.25, 0.3) is 0 Å². The molecule has 1 unspecified atom stereocenters. The lowest BCUT2D eigenvalue weighted by Crippen LogP contribution is -2.31. The normalized spacial score (nSPS) is 20.6. The second kappa shape index (κ2) is 3.00. The molecule has 0 bridgehead atoms. The van der Waals surface area contributed by atoms with Gasteiger partial charge in [-0.1, -0.05) is 6.07 Å². The van der Waals surface area contributed by atoms with Crippen molar-refractivity contribution in [1.82, 2.24) is 0 Å². The maximum Gasteiger partial charge on any atom is 0.131 e. The van der Waals surface area contributed by atoms with Gasteiger partial charge in [0.15, 0.2) is 0 Å². The molecular weight excluding hydrogens is 188 g/mol. The molecule has 0 saturated heterocycles. The Morgan fingerprint density at radius 1 is 1.36 bits per heavy atom. The minimum atomic E-state index is -1.04. The second-order valence-electron chi connectivity index (χ2n) is 3.80. The summed E-state index contributed by atoms with van der Waals surface area (Å²) in [7, 11) is 0. The lowest BCUT2D eigenvalue weighted by Gasteiger charge is -2.18. The third-order valence-electron chi connectivity index (χ3n) is 2.63. The van der Waals surface area contributed by atoms with Gasteiger partial charge in [0.05, 0.1) is 6.10 Å². The first-order valence-corrected chi connectivity index (χ1v) is 4.45. The fourth-order valence-electron chi connectivity index (χ4n) is 1.45. The molecule has 0 radical (unpaired) electrons. The summed E-state index contributed by atoms with van der Waals surface area (Å²) in [5.41, 5.74) is 5.08. The van der Waals surface area contributed by atoms with Crippen molar-refractivity contribution < 1.29 is 13.9 Å². The van der Waals surface area contributed by atoms with Gasteiger partial charge in [0.1, 0.15) is 11.6 Å². The molecule has 2 rings (SSSR count). The zero-order chi connectivity index (χ0) is 10.3. The summed E-state index contributed by atoms with van der Waals surface area (Å²) in [5.74, 6) is -1.39. The van der Waals surface area contributed by atoms with Crippen molar-refractivity contribution >= 4 is 0 Å². The standard InChI is InChI=1S/C10H11F2NO/c11-6-1-2-7(8(12)5-6)9(14)10(13)3-4-10/h1-2,5,9,14H,3-4,13H2. The van der Waals surface area contributed by atoms with E-state index in [9.17, 15) is 13.9 Å². The van der Waals surface area contributed by atoms with Crippen LogP contribution in [0.3, 0.4) is 0 Å². The van der Waals surface area contributed by atoms with Gasteiger partial charge in [-0.15, -0.1) is 0 Å². The Hall–Kier alpha value is -1.00. The SMILES string of the molecule is NC1(C(O)c2ccc(F)cc2F)CC1. The third-order valence-corrected chi connectivity index (χ3v) is 2.63. The first-order valence-electron chi connectivity index (χ1n) is 4.45. The highest BCUT2D eigenvalue weighted by Gasteiger charge is 2.46. The molecule has 1 aliphatic carbocycles. The lowest BCUT2D eigenvalue weighted by molar-refractivity contribution is 0.131. The minimum absolute atomic E-state index is 0.0754. The van der Waals surface area contributed by atoms with Crippen LogP contribution in [0.25, 0.3) is 0 Å². The molecule has 1 aromatic carbocycles. The van der Waals surface area contributed by atoms with Gasteiger partial charge in [-0.3, -0.25) is 0 Å². The van der Waals surface area contributed by atoms with Crippen molar-refractivity contribution in [2.75, 3.05) is 0 Å². The van der Waals surface area contributed by atoms with Crippen LogP contribution in [0.4, 0.5) is 8.78 Å². The van der Waals surface area contributed by atoms with Crippen molar-refractivity contribution in [2.45, 2.75) is 24.5 Å². The molecule has 0 aliphatic heterocycles. The summed E-state index contributed by atoms with van der Waals surface area (Å²) in [5, 5.41) is 9.70. The van der Waals surface area contributed by atoms with E-state index < -0.39 is 23.3 Å². The summed E-state index contributed by atoms with van der Waals surface area (Å²) in [6.45, 7) is 0. The molecule has 1 saturated carbocycles. The number of aliphatic hydroxyl groups excluding tert-OH is 1. The highest BCUT2D eigenvalue weighted by Crippen LogP contribution is 2.43. The van der Waals surface area contributed by atoms with Crippen LogP contribution in [0, 0.1) is 11.6 Å². The number of hydrogen-bond acceptors (Lipinski definition) is 2. The quantitative estimate of drug-likeness (QED) is 0.758. The molecule has 0 spiro atoms. The van der Waals surface area contributed by atoms with E-state index in [1.165, 1.54) is 6.07 Å². The molecule has 1 atom stereocenters. The Kier molecular flexibility index (Phi) is 2.05. The molecule has 0 amide bonds. The molecule has 4 heteroatoms. The average molecular weight is 199 g/mol. The number of hydrogen-bond donors (Lipinski definition) is 2. The van der Waals surface area contributed by atoms with E-state index in [-0.39, 0.29) is 5.56 Å². The van der Waals surface area contributed by atoms with Crippen molar-refractivity contribution in [1.29, 1.82) is 0 Å². The van der Waals surface area contributed by atoms with Crippen LogP contribution in [-0.2, 0) is 0 Å².